The molecule has 284 valence electrons. The summed E-state index contributed by atoms with van der Waals surface area (Å²) in [6.45, 7) is 2.64. The van der Waals surface area contributed by atoms with Crippen LogP contribution in [0.5, 0.6) is 0 Å². The molecule has 0 aliphatic carbocycles. The average molecular weight is 762 g/mol. The monoisotopic (exact) mass is 761 g/mol. The van der Waals surface area contributed by atoms with Crippen LogP contribution >= 0.6 is 0 Å². The van der Waals surface area contributed by atoms with Gasteiger partial charge in [0.1, 0.15) is 12.4 Å². The van der Waals surface area contributed by atoms with Gasteiger partial charge < -0.3 is 36.8 Å². The van der Waals surface area contributed by atoms with Crippen molar-refractivity contribution >= 4 is 46.1 Å². The Kier molecular flexibility index (Phi) is 13.2. The van der Waals surface area contributed by atoms with Crippen molar-refractivity contribution in [3.63, 3.8) is 0 Å². The zero-order valence-electron chi connectivity index (χ0n) is 26.2. The Morgan fingerprint density at radius 3 is 1.98 bits per heavy atom. The fourth-order valence-corrected chi connectivity index (χ4v) is 3.76. The summed E-state index contributed by atoms with van der Waals surface area (Å²) in [6, 6.07) is 5.06. The van der Waals surface area contributed by atoms with E-state index in [4.69, 9.17) is 35.8 Å². The van der Waals surface area contributed by atoms with Gasteiger partial charge in [-0.2, -0.15) is 39.5 Å². The number of halogens is 10. The van der Waals surface area contributed by atoms with Crippen molar-refractivity contribution in [2.75, 3.05) is 16.8 Å². The van der Waals surface area contributed by atoms with Gasteiger partial charge in [0, 0.05) is 29.4 Å². The van der Waals surface area contributed by atoms with Gasteiger partial charge in [-0.15, -0.1) is 0 Å². The second-order valence-corrected chi connectivity index (χ2v) is 10.4. The number of nitrogens with two attached hydrogens (primary N) is 2. The molecule has 0 radical (unpaired) electrons. The first-order valence-electron chi connectivity index (χ1n) is 13.8. The number of carbonyl (C=O) groups excluding carboxylic acids is 1. The first kappa shape index (κ1) is 42.1. The van der Waals surface area contributed by atoms with Gasteiger partial charge in [-0.05, 0) is 44.2 Å². The minimum atomic E-state index is -5.08. The number of nitrogens with one attached hydrogen (secondary N) is 2. The lowest BCUT2D eigenvalue weighted by atomic mass is 10.1. The van der Waals surface area contributed by atoms with Gasteiger partial charge in [0.05, 0.1) is 22.8 Å². The van der Waals surface area contributed by atoms with Crippen LogP contribution in [-0.4, -0.2) is 61.2 Å². The lowest BCUT2D eigenvalue weighted by molar-refractivity contribution is -0.193. The number of hydrogen-bond donors (Lipinski definition) is 6. The number of nitrogen functional groups attached to an aromatic ring is 2. The predicted octanol–water partition coefficient (Wildman–Crippen LogP) is 4.78. The summed E-state index contributed by atoms with van der Waals surface area (Å²) in [6.07, 6.45) is -13.7. The Labute approximate surface area is 283 Å². The standard InChI is InChI=1S/C24H23F4N7O3.2C2HF3O2/c1-11(2)33-22-23(37)35(18(9-32-22)12-3-14(24(26,27)28)6-15(29)4-12)10-20(36)31-8-13-5-19-16(7-17(13)25)21(30)34-38-19;2*3-2(4,5)1(6)7/h3-7,9,11H,8,10,29H2,1-2H3,(H2,30,34)(H,31,36)(H,32,33);2*(H,6,7). The molecule has 0 aliphatic heterocycles. The molecular formula is C28H25F10N7O7. The molecule has 0 atom stereocenters. The number of nitrogens with zero attached hydrogens (tertiary/aromatic N) is 3. The Morgan fingerprint density at radius 1 is 0.923 bits per heavy atom. The van der Waals surface area contributed by atoms with Crippen molar-refractivity contribution in [3.8, 4) is 11.3 Å². The maximum Gasteiger partial charge on any atom is 0.490 e. The molecule has 2 aromatic heterocycles. The van der Waals surface area contributed by atoms with E-state index in [1.807, 2.05) is 0 Å². The topological polar surface area (TPSA) is 229 Å². The van der Waals surface area contributed by atoms with Gasteiger partial charge in [-0.1, -0.05) is 5.16 Å². The van der Waals surface area contributed by atoms with Crippen molar-refractivity contribution in [2.24, 2.45) is 0 Å². The summed E-state index contributed by atoms with van der Waals surface area (Å²) in [7, 11) is 0. The normalized spacial score (nSPS) is 11.6. The molecule has 4 aromatic rings. The number of benzene rings is 2. The fourth-order valence-electron chi connectivity index (χ4n) is 3.76. The van der Waals surface area contributed by atoms with Crippen LogP contribution in [0.4, 0.5) is 61.2 Å². The minimum absolute atomic E-state index is 0.0140. The number of amides is 1. The number of fused-ring (bicyclic) bond motifs is 1. The third kappa shape index (κ3) is 11.8. The number of carbonyl (C=O) groups is 3. The van der Waals surface area contributed by atoms with E-state index in [-0.39, 0.29) is 57.7 Å². The summed E-state index contributed by atoms with van der Waals surface area (Å²) in [5.74, 6) is -6.99. The first-order valence-corrected chi connectivity index (χ1v) is 13.8. The molecule has 52 heavy (non-hydrogen) atoms. The van der Waals surface area contributed by atoms with Gasteiger partial charge in [-0.25, -0.2) is 19.0 Å². The van der Waals surface area contributed by atoms with Crippen molar-refractivity contribution in [1.29, 1.82) is 0 Å². The Hall–Kier alpha value is -6.10. The van der Waals surface area contributed by atoms with Crippen LogP contribution in [0.3, 0.4) is 0 Å². The number of hydrogen-bond acceptors (Lipinski definition) is 10. The SMILES string of the molecule is CC(C)Nc1ncc(-c2cc(N)cc(C(F)(F)F)c2)n(CC(=O)NCc2cc3onc(N)c3cc2F)c1=O.O=C(O)C(F)(F)F.O=C(O)C(F)(F)F. The zero-order valence-corrected chi connectivity index (χ0v) is 26.2. The van der Waals surface area contributed by atoms with Gasteiger partial charge in [-0.3, -0.25) is 14.2 Å². The molecule has 0 fully saturated rings. The molecule has 0 saturated heterocycles. The first-order chi connectivity index (χ1) is 23.7. The number of carboxylic acids is 2. The summed E-state index contributed by atoms with van der Waals surface area (Å²) in [5.41, 5.74) is 9.49. The number of rotatable bonds is 7. The third-order valence-corrected chi connectivity index (χ3v) is 5.99. The number of anilines is 3. The lowest BCUT2D eigenvalue weighted by Crippen LogP contribution is -2.35. The highest BCUT2D eigenvalue weighted by Crippen LogP contribution is 2.34. The predicted molar refractivity (Wildman–Crippen MR) is 160 cm³/mol. The van der Waals surface area contributed by atoms with E-state index in [1.54, 1.807) is 13.8 Å². The second-order valence-electron chi connectivity index (χ2n) is 10.4. The van der Waals surface area contributed by atoms with Gasteiger partial charge in [0.15, 0.2) is 17.2 Å². The van der Waals surface area contributed by atoms with Gasteiger partial charge >= 0.3 is 30.5 Å². The molecule has 1 amide bonds. The molecule has 0 bridgehead atoms. The number of aromatic nitrogens is 3. The Morgan fingerprint density at radius 2 is 1.48 bits per heavy atom. The van der Waals surface area contributed by atoms with Crippen LogP contribution in [0, 0.1) is 5.82 Å². The van der Waals surface area contributed by atoms with Crippen LogP contribution in [0.1, 0.15) is 25.0 Å². The Balaban J connectivity index is 0.000000564. The summed E-state index contributed by atoms with van der Waals surface area (Å²) >= 11 is 0. The second kappa shape index (κ2) is 16.3. The van der Waals surface area contributed by atoms with E-state index in [0.717, 1.165) is 22.8 Å². The van der Waals surface area contributed by atoms with Gasteiger partial charge in [0.25, 0.3) is 5.56 Å². The molecule has 24 heteroatoms. The van der Waals surface area contributed by atoms with Gasteiger partial charge in [0.2, 0.25) is 5.91 Å². The molecule has 2 heterocycles. The highest BCUT2D eigenvalue weighted by Gasteiger charge is 2.39. The zero-order chi connectivity index (χ0) is 39.9. The van der Waals surface area contributed by atoms with Crippen molar-refractivity contribution in [1.82, 2.24) is 20.0 Å². The third-order valence-electron chi connectivity index (χ3n) is 5.99. The lowest BCUT2D eigenvalue weighted by Gasteiger charge is -2.17. The molecule has 0 aliphatic rings. The quantitative estimate of drug-likeness (QED) is 0.111. The summed E-state index contributed by atoms with van der Waals surface area (Å²) < 4.78 is 124. The van der Waals surface area contributed by atoms with Crippen molar-refractivity contribution in [2.45, 2.75) is 51.5 Å². The maximum atomic E-state index is 14.5. The van der Waals surface area contributed by atoms with E-state index in [1.165, 1.54) is 18.3 Å². The van der Waals surface area contributed by atoms with Crippen LogP contribution in [-0.2, 0) is 33.6 Å². The highest BCUT2D eigenvalue weighted by molar-refractivity contribution is 5.87. The molecule has 14 nitrogen and oxygen atoms in total. The molecule has 8 N–H and O–H groups in total. The maximum absolute atomic E-state index is 14.5. The van der Waals surface area contributed by atoms with Crippen LogP contribution in [0.2, 0.25) is 0 Å². The smallest absolute Gasteiger partial charge is 0.475 e. The number of carboxylic acid groups (broad SMARTS) is 2. The average Bonchev–Trinajstić information content (AvgIpc) is 3.35. The van der Waals surface area contributed by atoms with Crippen LogP contribution < -0.4 is 27.7 Å². The molecule has 0 unspecified atom stereocenters. The number of aliphatic carboxylic acids is 2. The van der Waals surface area contributed by atoms with E-state index < -0.39 is 59.9 Å². The number of alkyl halides is 9. The molecule has 2 aromatic carbocycles. The van der Waals surface area contributed by atoms with Crippen LogP contribution in [0.25, 0.3) is 22.2 Å². The molecular weight excluding hydrogens is 736 g/mol. The van der Waals surface area contributed by atoms with E-state index >= 15 is 0 Å². The van der Waals surface area contributed by atoms with Crippen LogP contribution in [0.15, 0.2) is 45.8 Å². The summed E-state index contributed by atoms with van der Waals surface area (Å²) in [4.78, 5) is 47.9. The van der Waals surface area contributed by atoms with E-state index in [9.17, 15) is 53.5 Å². The summed E-state index contributed by atoms with van der Waals surface area (Å²) in [5, 5.41) is 23.4. The van der Waals surface area contributed by atoms with E-state index in [0.29, 0.717) is 0 Å². The fraction of sp³-hybridized carbons (Fsp3) is 0.286. The minimum Gasteiger partial charge on any atom is -0.475 e. The highest BCUT2D eigenvalue weighted by atomic mass is 19.4. The molecule has 0 spiro atoms. The molecule has 4 rings (SSSR count). The van der Waals surface area contributed by atoms with Crippen molar-refractivity contribution < 1.29 is 73.0 Å². The Bertz CT molecular complexity index is 1970. The van der Waals surface area contributed by atoms with Crippen molar-refractivity contribution in [3.05, 3.63) is 63.8 Å². The molecule has 0 saturated carbocycles. The van der Waals surface area contributed by atoms with E-state index in [2.05, 4.69) is 20.8 Å². The largest absolute Gasteiger partial charge is 0.490 e.